The van der Waals surface area contributed by atoms with Gasteiger partial charge in [0.1, 0.15) is 4.60 Å². The van der Waals surface area contributed by atoms with Gasteiger partial charge in [0.2, 0.25) is 0 Å². The normalized spacial score (nSPS) is 9.30. The summed E-state index contributed by atoms with van der Waals surface area (Å²) in [6.45, 7) is 0. The van der Waals surface area contributed by atoms with E-state index >= 15 is 0 Å². The number of nitrogens with two attached hydrogens (primary N) is 2. The fourth-order valence-corrected chi connectivity index (χ4v) is 0.943. The van der Waals surface area contributed by atoms with Gasteiger partial charge < -0.3 is 5.73 Å². The molecule has 0 spiro atoms. The summed E-state index contributed by atoms with van der Waals surface area (Å²) in [5.41, 5.74) is 6.93. The van der Waals surface area contributed by atoms with Gasteiger partial charge in [-0.3, -0.25) is 5.41 Å². The Kier molecular flexibility index (Phi) is 2.01. The smallest absolute Gasteiger partial charge is 0.171 e. The third kappa shape index (κ3) is 1.33. The van der Waals surface area contributed by atoms with E-state index in [0.717, 1.165) is 10.2 Å². The maximum absolute atomic E-state index is 5.55. The molecule has 0 saturated heterocycles. The van der Waals surface area contributed by atoms with Crippen molar-refractivity contribution in [1.29, 1.82) is 0 Å². The highest BCUT2D eigenvalue weighted by atomic mass is 79.9. The zero-order valence-corrected chi connectivity index (χ0v) is 6.80. The molecule has 4 N–H and O–H groups in total. The molecule has 0 radical (unpaired) electrons. The highest BCUT2D eigenvalue weighted by Crippen LogP contribution is 2.12. The number of nitrogens with zero attached hydrogens (tertiary/aromatic N) is 1. The molecule has 0 atom stereocenters. The lowest BCUT2D eigenvalue weighted by Crippen LogP contribution is -2.30. The maximum Gasteiger partial charge on any atom is 0.171 e. The first-order valence-corrected chi connectivity index (χ1v) is 3.49. The van der Waals surface area contributed by atoms with Gasteiger partial charge >= 0.3 is 0 Å². The van der Waals surface area contributed by atoms with E-state index in [1.165, 1.54) is 6.21 Å². The number of aromatic nitrogens is 1. The average molecular weight is 201 g/mol. The Morgan fingerprint density at radius 1 is 1.70 bits per heavy atom. The van der Waals surface area contributed by atoms with Crippen LogP contribution in [0.4, 0.5) is 5.69 Å². The van der Waals surface area contributed by atoms with Crippen LogP contribution in [0.2, 0.25) is 0 Å². The predicted molar refractivity (Wildman–Crippen MR) is 43.4 cm³/mol. The molecule has 0 aliphatic heterocycles. The molecular formula is C6H7BrN3+. The second-order valence-corrected chi connectivity index (χ2v) is 2.62. The lowest BCUT2D eigenvalue weighted by Gasteiger charge is -1.94. The summed E-state index contributed by atoms with van der Waals surface area (Å²) in [7, 11) is 0. The van der Waals surface area contributed by atoms with Crippen molar-refractivity contribution in [3.63, 3.8) is 0 Å². The topological polar surface area (TPSA) is 64.5 Å². The van der Waals surface area contributed by atoms with Gasteiger partial charge in [-0.15, -0.1) is 0 Å². The van der Waals surface area contributed by atoms with Crippen molar-refractivity contribution in [2.24, 2.45) is 0 Å². The summed E-state index contributed by atoms with van der Waals surface area (Å²) >= 11 is 3.18. The van der Waals surface area contributed by atoms with Gasteiger partial charge in [-0.1, -0.05) is 0 Å². The van der Waals surface area contributed by atoms with Gasteiger partial charge in [-0.2, -0.15) is 0 Å². The van der Waals surface area contributed by atoms with E-state index in [1.807, 2.05) is 0 Å². The van der Waals surface area contributed by atoms with E-state index in [9.17, 15) is 0 Å². The zero-order chi connectivity index (χ0) is 7.56. The van der Waals surface area contributed by atoms with E-state index in [0.29, 0.717) is 5.69 Å². The second kappa shape index (κ2) is 2.79. The summed E-state index contributed by atoms with van der Waals surface area (Å²) in [6, 6.07) is 1.71. The van der Waals surface area contributed by atoms with Crippen LogP contribution in [-0.2, 0) is 0 Å². The lowest BCUT2D eigenvalue weighted by molar-refractivity contribution is -0.104. The van der Waals surface area contributed by atoms with Crippen LogP contribution in [0, 0.1) is 0 Å². The monoisotopic (exact) mass is 200 g/mol. The number of nitrogen functional groups attached to an aromatic ring is 1. The minimum absolute atomic E-state index is 0.629. The van der Waals surface area contributed by atoms with Crippen LogP contribution >= 0.6 is 15.9 Å². The fraction of sp³-hybridized carbons (Fsp3) is 0. The molecule has 0 amide bonds. The standard InChI is InChI=1S/C6H6BrN3/c7-6-1-5(9)4(2-8)3-10-6/h1-3,8H,(H2,9,10)/p+1. The molecule has 0 aliphatic rings. The summed E-state index contributed by atoms with van der Waals surface area (Å²) in [4.78, 5) is 3.94. The molecule has 0 bridgehead atoms. The van der Waals surface area contributed by atoms with Crippen molar-refractivity contribution in [3.8, 4) is 0 Å². The van der Waals surface area contributed by atoms with Crippen molar-refractivity contribution in [2.75, 3.05) is 5.73 Å². The van der Waals surface area contributed by atoms with Crippen molar-refractivity contribution in [2.45, 2.75) is 0 Å². The van der Waals surface area contributed by atoms with Crippen LogP contribution in [0.3, 0.4) is 0 Å². The third-order valence-electron chi connectivity index (χ3n) is 1.11. The zero-order valence-electron chi connectivity index (χ0n) is 5.21. The van der Waals surface area contributed by atoms with Gasteiger partial charge in [-0.25, -0.2) is 4.98 Å². The first-order valence-electron chi connectivity index (χ1n) is 2.70. The molecule has 52 valence electrons. The molecule has 0 unspecified atom stereocenters. The highest BCUT2D eigenvalue weighted by molar-refractivity contribution is 9.10. The van der Waals surface area contributed by atoms with Crippen LogP contribution in [-0.4, -0.2) is 11.2 Å². The molecular weight excluding hydrogens is 194 g/mol. The van der Waals surface area contributed by atoms with Gasteiger partial charge in [0.15, 0.2) is 6.21 Å². The fourth-order valence-electron chi connectivity index (χ4n) is 0.594. The van der Waals surface area contributed by atoms with Crippen LogP contribution < -0.4 is 11.1 Å². The maximum atomic E-state index is 5.55. The van der Waals surface area contributed by atoms with E-state index in [4.69, 9.17) is 11.1 Å². The first-order chi connectivity index (χ1) is 4.74. The number of pyridine rings is 1. The molecule has 0 saturated carbocycles. The molecule has 0 aromatic carbocycles. The number of hydrogen-bond donors (Lipinski definition) is 2. The van der Waals surface area contributed by atoms with E-state index in [1.54, 1.807) is 12.3 Å². The van der Waals surface area contributed by atoms with E-state index < -0.39 is 0 Å². The van der Waals surface area contributed by atoms with Gasteiger partial charge in [0.25, 0.3) is 0 Å². The molecule has 1 heterocycles. The largest absolute Gasteiger partial charge is 0.398 e. The Balaban J connectivity index is 3.19. The van der Waals surface area contributed by atoms with Crippen molar-refractivity contribution < 1.29 is 5.41 Å². The first kappa shape index (κ1) is 7.21. The second-order valence-electron chi connectivity index (χ2n) is 1.80. The summed E-state index contributed by atoms with van der Waals surface area (Å²) < 4.78 is 0.718. The molecule has 10 heavy (non-hydrogen) atoms. The Morgan fingerprint density at radius 2 is 2.40 bits per heavy atom. The van der Waals surface area contributed by atoms with Crippen LogP contribution in [0.5, 0.6) is 0 Å². The minimum Gasteiger partial charge on any atom is -0.398 e. The number of halogens is 1. The van der Waals surface area contributed by atoms with Gasteiger partial charge in [0, 0.05) is 11.9 Å². The van der Waals surface area contributed by atoms with Crippen molar-refractivity contribution in [1.82, 2.24) is 4.98 Å². The van der Waals surface area contributed by atoms with Crippen molar-refractivity contribution in [3.05, 3.63) is 22.4 Å². The SMILES string of the molecule is Nc1cc(Br)ncc1C=[NH2+]. The van der Waals surface area contributed by atoms with E-state index in [2.05, 4.69) is 20.9 Å². The Hall–Kier alpha value is -0.900. The molecule has 4 heteroatoms. The van der Waals surface area contributed by atoms with Gasteiger partial charge in [-0.05, 0) is 22.0 Å². The summed E-state index contributed by atoms with van der Waals surface area (Å²) in [6.07, 6.45) is 3.04. The van der Waals surface area contributed by atoms with Crippen LogP contribution in [0.25, 0.3) is 0 Å². The highest BCUT2D eigenvalue weighted by Gasteiger charge is 1.97. The van der Waals surface area contributed by atoms with E-state index in [-0.39, 0.29) is 0 Å². The third-order valence-corrected chi connectivity index (χ3v) is 1.55. The number of hydrogen-bond acceptors (Lipinski definition) is 2. The molecule has 1 aromatic heterocycles. The minimum atomic E-state index is 0.629. The molecule has 1 aromatic rings. The molecule has 1 rings (SSSR count). The van der Waals surface area contributed by atoms with Gasteiger partial charge in [0.05, 0.1) is 5.56 Å². The Bertz CT molecular complexity index is 259. The Labute approximate surface area is 66.9 Å². The Morgan fingerprint density at radius 3 is 2.90 bits per heavy atom. The molecule has 0 aliphatic carbocycles. The molecule has 0 fully saturated rings. The van der Waals surface area contributed by atoms with Crippen LogP contribution in [0.1, 0.15) is 5.56 Å². The number of anilines is 1. The summed E-state index contributed by atoms with van der Waals surface area (Å²) in [5.74, 6) is 0. The summed E-state index contributed by atoms with van der Waals surface area (Å²) in [5, 5.41) is 5.24. The van der Waals surface area contributed by atoms with Crippen molar-refractivity contribution >= 4 is 27.8 Å². The van der Waals surface area contributed by atoms with Crippen LogP contribution in [0.15, 0.2) is 16.9 Å². The number of rotatable bonds is 1. The molecule has 3 nitrogen and oxygen atoms in total. The average Bonchev–Trinajstić information content (AvgIpc) is 1.88. The predicted octanol–water partition coefficient (Wildman–Crippen LogP) is -0.396. The lowest BCUT2D eigenvalue weighted by atomic mass is 10.3. The quantitative estimate of drug-likeness (QED) is 0.479.